The fourth-order valence-electron chi connectivity index (χ4n) is 2.90. The third kappa shape index (κ3) is 3.69. The number of carbonyl (C=O) groups is 2. The number of halogens is 1. The van der Waals surface area contributed by atoms with Crippen molar-refractivity contribution < 1.29 is 14.7 Å². The van der Waals surface area contributed by atoms with Crippen LogP contribution in [-0.2, 0) is 11.3 Å². The monoisotopic (exact) mass is 410 g/mol. The van der Waals surface area contributed by atoms with Crippen LogP contribution >= 0.6 is 23.4 Å². The SMILES string of the molecule is O=C1S/C(=C/c2cccn2-c2ccc(O)cc2)C(=O)N1Cc1ccc(Cl)cc1. The van der Waals surface area contributed by atoms with Crippen LogP contribution in [0.3, 0.4) is 0 Å². The van der Waals surface area contributed by atoms with E-state index < -0.39 is 0 Å². The van der Waals surface area contributed by atoms with E-state index in [0.717, 1.165) is 28.7 Å². The summed E-state index contributed by atoms with van der Waals surface area (Å²) in [6, 6.07) is 17.5. The second-order valence-corrected chi connectivity index (χ2v) is 7.64. The Balaban J connectivity index is 1.59. The fraction of sp³-hybridized carbons (Fsp3) is 0.0476. The molecule has 3 aromatic rings. The molecule has 5 nitrogen and oxygen atoms in total. The first-order valence-corrected chi connectivity index (χ1v) is 9.67. The van der Waals surface area contributed by atoms with Crippen LogP contribution in [0.2, 0.25) is 5.02 Å². The predicted octanol–water partition coefficient (Wildman–Crippen LogP) is 5.07. The molecule has 28 heavy (non-hydrogen) atoms. The van der Waals surface area contributed by atoms with Crippen LogP contribution in [-0.4, -0.2) is 25.7 Å². The number of thioether (sulfide) groups is 1. The minimum Gasteiger partial charge on any atom is -0.508 e. The summed E-state index contributed by atoms with van der Waals surface area (Å²) in [5.74, 6) is -0.135. The van der Waals surface area contributed by atoms with Crippen LogP contribution in [0.1, 0.15) is 11.3 Å². The van der Waals surface area contributed by atoms with Crippen molar-refractivity contribution in [1.29, 1.82) is 0 Å². The van der Waals surface area contributed by atoms with Crippen molar-refractivity contribution in [3.63, 3.8) is 0 Å². The van der Waals surface area contributed by atoms with Crippen LogP contribution in [0, 0.1) is 0 Å². The lowest BCUT2D eigenvalue weighted by Crippen LogP contribution is -2.27. The topological polar surface area (TPSA) is 62.5 Å². The molecule has 1 N–H and O–H groups in total. The molecule has 1 aromatic heterocycles. The number of phenolic OH excluding ortho intramolecular Hbond substituents is 1. The molecule has 1 saturated heterocycles. The molecule has 4 rings (SSSR count). The maximum Gasteiger partial charge on any atom is 0.293 e. The van der Waals surface area contributed by atoms with E-state index in [4.69, 9.17) is 11.6 Å². The van der Waals surface area contributed by atoms with Crippen molar-refractivity contribution in [1.82, 2.24) is 9.47 Å². The number of rotatable bonds is 4. The van der Waals surface area contributed by atoms with Crippen molar-refractivity contribution in [2.75, 3.05) is 0 Å². The van der Waals surface area contributed by atoms with Crippen molar-refractivity contribution in [3.05, 3.63) is 88.0 Å². The van der Waals surface area contributed by atoms with Crippen molar-refractivity contribution >= 4 is 40.6 Å². The highest BCUT2D eigenvalue weighted by Crippen LogP contribution is 2.34. The molecule has 0 unspecified atom stereocenters. The number of phenols is 1. The zero-order valence-corrected chi connectivity index (χ0v) is 16.2. The Kier molecular flexibility index (Phi) is 4.98. The van der Waals surface area contributed by atoms with Gasteiger partial charge in [0.15, 0.2) is 0 Å². The van der Waals surface area contributed by atoms with E-state index in [1.165, 1.54) is 4.90 Å². The lowest BCUT2D eigenvalue weighted by molar-refractivity contribution is -0.123. The molecule has 7 heteroatoms. The predicted molar refractivity (Wildman–Crippen MR) is 110 cm³/mol. The average Bonchev–Trinajstić information content (AvgIpc) is 3.24. The lowest BCUT2D eigenvalue weighted by Gasteiger charge is -2.12. The lowest BCUT2D eigenvalue weighted by atomic mass is 10.2. The van der Waals surface area contributed by atoms with Crippen LogP contribution < -0.4 is 0 Å². The standard InChI is InChI=1S/C21H15ClN2O3S/c22-15-5-3-14(4-6-15)13-24-20(26)19(28-21(24)27)12-17-2-1-11-23(17)16-7-9-18(25)10-8-16/h1-12,25H,13H2/b19-12+. The highest BCUT2D eigenvalue weighted by molar-refractivity contribution is 8.18. The van der Waals surface area contributed by atoms with Gasteiger partial charge in [0, 0.05) is 22.6 Å². The maximum atomic E-state index is 12.8. The Bertz CT molecular complexity index is 1070. The van der Waals surface area contributed by atoms with Gasteiger partial charge in [-0.15, -0.1) is 0 Å². The second-order valence-electron chi connectivity index (χ2n) is 6.21. The summed E-state index contributed by atoms with van der Waals surface area (Å²) in [5.41, 5.74) is 2.44. The molecule has 0 bridgehead atoms. The second kappa shape index (κ2) is 7.58. The van der Waals surface area contributed by atoms with Gasteiger partial charge < -0.3 is 9.67 Å². The Morgan fingerprint density at radius 2 is 1.71 bits per heavy atom. The summed E-state index contributed by atoms with van der Waals surface area (Å²) < 4.78 is 1.88. The molecule has 2 aromatic carbocycles. The first-order chi connectivity index (χ1) is 13.5. The van der Waals surface area contributed by atoms with E-state index in [9.17, 15) is 14.7 Å². The minimum absolute atomic E-state index is 0.181. The highest BCUT2D eigenvalue weighted by Gasteiger charge is 2.35. The van der Waals surface area contributed by atoms with E-state index in [2.05, 4.69) is 0 Å². The molecule has 0 aliphatic carbocycles. The van der Waals surface area contributed by atoms with Gasteiger partial charge >= 0.3 is 0 Å². The Morgan fingerprint density at radius 1 is 1.00 bits per heavy atom. The molecule has 2 heterocycles. The van der Waals surface area contributed by atoms with E-state index in [1.807, 2.05) is 22.9 Å². The maximum absolute atomic E-state index is 12.8. The minimum atomic E-state index is -0.316. The number of carbonyl (C=O) groups excluding carboxylic acids is 2. The zero-order valence-electron chi connectivity index (χ0n) is 14.6. The Hall–Kier alpha value is -2.96. The molecule has 1 fully saturated rings. The number of hydrogen-bond donors (Lipinski definition) is 1. The van der Waals surface area contributed by atoms with E-state index in [-0.39, 0.29) is 23.4 Å². The molecule has 0 spiro atoms. The number of imide groups is 1. The normalized spacial score (nSPS) is 15.6. The quantitative estimate of drug-likeness (QED) is 0.610. The van der Waals surface area contributed by atoms with Gasteiger partial charge in [-0.3, -0.25) is 14.5 Å². The van der Waals surface area contributed by atoms with Crippen LogP contribution in [0.5, 0.6) is 5.75 Å². The zero-order chi connectivity index (χ0) is 19.7. The van der Waals surface area contributed by atoms with E-state index in [1.54, 1.807) is 54.6 Å². The first kappa shape index (κ1) is 18.4. The smallest absolute Gasteiger partial charge is 0.293 e. The molecule has 2 amide bonds. The van der Waals surface area contributed by atoms with Gasteiger partial charge in [0.25, 0.3) is 11.1 Å². The Labute approximate surface area is 170 Å². The molecular formula is C21H15ClN2O3S. The number of aromatic nitrogens is 1. The molecule has 0 radical (unpaired) electrons. The summed E-state index contributed by atoms with van der Waals surface area (Å²) >= 11 is 6.81. The van der Waals surface area contributed by atoms with Gasteiger partial charge in [0.05, 0.1) is 11.4 Å². The van der Waals surface area contributed by atoms with Gasteiger partial charge in [-0.2, -0.15) is 0 Å². The highest BCUT2D eigenvalue weighted by atomic mass is 35.5. The third-order valence-electron chi connectivity index (χ3n) is 4.31. The van der Waals surface area contributed by atoms with Gasteiger partial charge in [-0.1, -0.05) is 23.7 Å². The fourth-order valence-corrected chi connectivity index (χ4v) is 3.85. The molecular weight excluding hydrogens is 396 g/mol. The van der Waals surface area contributed by atoms with Gasteiger partial charge in [0.2, 0.25) is 0 Å². The van der Waals surface area contributed by atoms with E-state index in [0.29, 0.717) is 9.93 Å². The van der Waals surface area contributed by atoms with Crippen LogP contribution in [0.25, 0.3) is 11.8 Å². The van der Waals surface area contributed by atoms with Crippen LogP contribution in [0.4, 0.5) is 4.79 Å². The Morgan fingerprint density at radius 3 is 2.43 bits per heavy atom. The van der Waals surface area contributed by atoms with Crippen molar-refractivity contribution in [3.8, 4) is 11.4 Å². The average molecular weight is 411 g/mol. The van der Waals surface area contributed by atoms with E-state index >= 15 is 0 Å². The summed E-state index contributed by atoms with van der Waals surface area (Å²) in [6.45, 7) is 0.206. The van der Waals surface area contributed by atoms with Crippen molar-refractivity contribution in [2.45, 2.75) is 6.54 Å². The molecule has 1 aliphatic rings. The molecule has 1 aliphatic heterocycles. The first-order valence-electron chi connectivity index (χ1n) is 8.48. The molecule has 0 saturated carbocycles. The number of aromatic hydroxyl groups is 1. The number of nitrogens with zero attached hydrogens (tertiary/aromatic N) is 2. The summed E-state index contributed by atoms with van der Waals surface area (Å²) in [5, 5.41) is 9.77. The number of amides is 2. The number of hydrogen-bond acceptors (Lipinski definition) is 4. The third-order valence-corrected chi connectivity index (χ3v) is 5.47. The van der Waals surface area contributed by atoms with Gasteiger partial charge in [-0.25, -0.2) is 0 Å². The van der Waals surface area contributed by atoms with Gasteiger partial charge in [0.1, 0.15) is 5.75 Å². The summed E-state index contributed by atoms with van der Waals surface area (Å²) in [4.78, 5) is 26.7. The molecule has 0 atom stereocenters. The van der Waals surface area contributed by atoms with Crippen LogP contribution in [0.15, 0.2) is 71.8 Å². The van der Waals surface area contributed by atoms with Gasteiger partial charge in [-0.05, 0) is 71.9 Å². The summed E-state index contributed by atoms with van der Waals surface area (Å²) in [6.07, 6.45) is 3.57. The van der Waals surface area contributed by atoms with Crippen molar-refractivity contribution in [2.24, 2.45) is 0 Å². The molecule has 140 valence electrons. The number of benzene rings is 2. The summed E-state index contributed by atoms with van der Waals surface area (Å²) in [7, 11) is 0. The largest absolute Gasteiger partial charge is 0.508 e.